The van der Waals surface area contributed by atoms with E-state index in [4.69, 9.17) is 0 Å². The number of rotatable bonds is 6. The fraction of sp³-hybridized carbons (Fsp3) is 0.278. The lowest BCUT2D eigenvalue weighted by molar-refractivity contribution is -0.115. The van der Waals surface area contributed by atoms with Crippen molar-refractivity contribution >= 4 is 34.5 Å². The first-order valence-corrected chi connectivity index (χ1v) is 8.58. The summed E-state index contributed by atoms with van der Waals surface area (Å²) in [7, 11) is 0. The van der Waals surface area contributed by atoms with Crippen LogP contribution in [-0.2, 0) is 22.6 Å². The molecule has 2 amide bonds. The number of thiazole rings is 1. The standard InChI is InChI=1S/C18H21N3O2S/c1-5-17-20-14(11-24-17)10-21(18(23)6-2)15-8-7-12(3)16(9-15)19-13(4)22/h6-9,11H,2,5,10H2,1,3-4H3,(H,19,22). The van der Waals surface area contributed by atoms with E-state index in [1.807, 2.05) is 24.4 Å². The van der Waals surface area contributed by atoms with Gasteiger partial charge < -0.3 is 10.2 Å². The smallest absolute Gasteiger partial charge is 0.250 e. The van der Waals surface area contributed by atoms with Crippen molar-refractivity contribution in [3.8, 4) is 0 Å². The first-order valence-electron chi connectivity index (χ1n) is 7.70. The van der Waals surface area contributed by atoms with Gasteiger partial charge in [0.25, 0.3) is 5.91 Å². The van der Waals surface area contributed by atoms with Crippen molar-refractivity contribution in [3.05, 3.63) is 52.5 Å². The molecule has 1 aromatic carbocycles. The van der Waals surface area contributed by atoms with E-state index >= 15 is 0 Å². The van der Waals surface area contributed by atoms with Crippen molar-refractivity contribution in [1.82, 2.24) is 4.98 Å². The van der Waals surface area contributed by atoms with Gasteiger partial charge in [0.1, 0.15) is 0 Å². The van der Waals surface area contributed by atoms with Gasteiger partial charge in [-0.1, -0.05) is 19.6 Å². The van der Waals surface area contributed by atoms with E-state index in [1.165, 1.54) is 13.0 Å². The number of carbonyl (C=O) groups is 2. The third-order valence-corrected chi connectivity index (χ3v) is 4.55. The van der Waals surface area contributed by atoms with E-state index in [2.05, 4.69) is 23.8 Å². The molecule has 0 aliphatic carbocycles. The molecule has 0 fully saturated rings. The molecular formula is C18H21N3O2S. The molecule has 6 heteroatoms. The minimum atomic E-state index is -0.210. The summed E-state index contributed by atoms with van der Waals surface area (Å²) in [4.78, 5) is 29.8. The molecule has 0 radical (unpaired) electrons. The number of anilines is 2. The lowest BCUT2D eigenvalue weighted by Gasteiger charge is -2.22. The Hall–Kier alpha value is -2.47. The molecule has 2 rings (SSSR count). The van der Waals surface area contributed by atoms with Gasteiger partial charge in [-0.2, -0.15) is 0 Å². The van der Waals surface area contributed by atoms with Gasteiger partial charge in [0.05, 0.1) is 17.2 Å². The third-order valence-electron chi connectivity index (χ3n) is 3.51. The molecule has 0 spiro atoms. The van der Waals surface area contributed by atoms with Crippen molar-refractivity contribution in [3.63, 3.8) is 0 Å². The molecule has 0 aliphatic rings. The highest BCUT2D eigenvalue weighted by Crippen LogP contribution is 2.25. The van der Waals surface area contributed by atoms with Crippen LogP contribution in [0.1, 0.15) is 30.1 Å². The SMILES string of the molecule is C=CC(=O)N(Cc1csc(CC)n1)c1ccc(C)c(NC(C)=O)c1. The molecule has 5 nitrogen and oxygen atoms in total. The molecule has 0 unspecified atom stereocenters. The quantitative estimate of drug-likeness (QED) is 0.814. The van der Waals surface area contributed by atoms with Crippen molar-refractivity contribution in [2.24, 2.45) is 0 Å². The number of amides is 2. The van der Waals surface area contributed by atoms with Crippen LogP contribution >= 0.6 is 11.3 Å². The van der Waals surface area contributed by atoms with Gasteiger partial charge >= 0.3 is 0 Å². The van der Waals surface area contributed by atoms with Crippen molar-refractivity contribution in [2.45, 2.75) is 33.7 Å². The predicted octanol–water partition coefficient (Wildman–Crippen LogP) is 3.69. The minimum Gasteiger partial charge on any atom is -0.326 e. The summed E-state index contributed by atoms with van der Waals surface area (Å²) in [5, 5.41) is 5.79. The average Bonchev–Trinajstić information content (AvgIpc) is 3.01. The Kier molecular flexibility index (Phi) is 5.87. The second-order valence-corrected chi connectivity index (χ2v) is 6.34. The molecule has 0 atom stereocenters. The van der Waals surface area contributed by atoms with Crippen LogP contribution in [0.25, 0.3) is 0 Å². The predicted molar refractivity (Wildman–Crippen MR) is 98.4 cm³/mol. The first kappa shape index (κ1) is 17.9. The lowest BCUT2D eigenvalue weighted by Crippen LogP contribution is -2.29. The van der Waals surface area contributed by atoms with Crippen LogP contribution in [-0.4, -0.2) is 16.8 Å². The van der Waals surface area contributed by atoms with Crippen LogP contribution in [0.2, 0.25) is 0 Å². The van der Waals surface area contributed by atoms with Crippen molar-refractivity contribution < 1.29 is 9.59 Å². The maximum atomic E-state index is 12.3. The van der Waals surface area contributed by atoms with Crippen LogP contribution in [0.5, 0.6) is 0 Å². The topological polar surface area (TPSA) is 62.3 Å². The molecule has 0 saturated carbocycles. The minimum absolute atomic E-state index is 0.149. The number of nitrogens with zero attached hydrogens (tertiary/aromatic N) is 2. The number of aryl methyl sites for hydroxylation is 2. The summed E-state index contributed by atoms with van der Waals surface area (Å²) in [6, 6.07) is 5.53. The van der Waals surface area contributed by atoms with Gasteiger partial charge in [-0.25, -0.2) is 4.98 Å². The monoisotopic (exact) mass is 343 g/mol. The van der Waals surface area contributed by atoms with Gasteiger partial charge in [0.2, 0.25) is 5.91 Å². The van der Waals surface area contributed by atoms with Gasteiger partial charge in [-0.3, -0.25) is 9.59 Å². The Balaban J connectivity index is 2.35. The second-order valence-electron chi connectivity index (χ2n) is 5.40. The normalized spacial score (nSPS) is 10.3. The van der Waals surface area contributed by atoms with Crippen LogP contribution in [0.3, 0.4) is 0 Å². The van der Waals surface area contributed by atoms with E-state index in [0.29, 0.717) is 17.9 Å². The molecule has 1 heterocycles. The summed E-state index contributed by atoms with van der Waals surface area (Å²) >= 11 is 1.59. The Labute approximate surface area is 146 Å². The average molecular weight is 343 g/mol. The molecule has 2 aromatic rings. The Morgan fingerprint density at radius 3 is 2.75 bits per heavy atom. The number of benzene rings is 1. The number of aromatic nitrogens is 1. The Morgan fingerprint density at radius 2 is 2.17 bits per heavy atom. The fourth-order valence-corrected chi connectivity index (χ4v) is 2.99. The summed E-state index contributed by atoms with van der Waals surface area (Å²) in [5.41, 5.74) is 3.16. The Bertz CT molecular complexity index is 767. The lowest BCUT2D eigenvalue weighted by atomic mass is 10.1. The third kappa shape index (κ3) is 4.29. The fourth-order valence-electron chi connectivity index (χ4n) is 2.25. The highest BCUT2D eigenvalue weighted by molar-refractivity contribution is 7.09. The summed E-state index contributed by atoms with van der Waals surface area (Å²) in [6.45, 7) is 9.36. The van der Waals surface area contributed by atoms with Crippen LogP contribution < -0.4 is 10.2 Å². The highest BCUT2D eigenvalue weighted by Gasteiger charge is 2.16. The zero-order valence-corrected chi connectivity index (χ0v) is 14.9. The van der Waals surface area contributed by atoms with Crippen molar-refractivity contribution in [1.29, 1.82) is 0 Å². The molecule has 1 aromatic heterocycles. The summed E-state index contributed by atoms with van der Waals surface area (Å²) < 4.78 is 0. The van der Waals surface area contributed by atoms with Crippen LogP contribution in [0.4, 0.5) is 11.4 Å². The Morgan fingerprint density at radius 1 is 1.42 bits per heavy atom. The van der Waals surface area contributed by atoms with E-state index in [0.717, 1.165) is 22.7 Å². The van der Waals surface area contributed by atoms with E-state index in [1.54, 1.807) is 22.3 Å². The van der Waals surface area contributed by atoms with Gasteiger partial charge in [0, 0.05) is 23.7 Å². The van der Waals surface area contributed by atoms with E-state index in [9.17, 15) is 9.59 Å². The molecule has 0 bridgehead atoms. The van der Waals surface area contributed by atoms with Gasteiger partial charge in [0.15, 0.2) is 0 Å². The van der Waals surface area contributed by atoms with Crippen LogP contribution in [0.15, 0.2) is 36.2 Å². The van der Waals surface area contributed by atoms with Crippen molar-refractivity contribution in [2.75, 3.05) is 10.2 Å². The molecular weight excluding hydrogens is 322 g/mol. The maximum absolute atomic E-state index is 12.3. The molecule has 1 N–H and O–H groups in total. The maximum Gasteiger partial charge on any atom is 0.250 e. The summed E-state index contributed by atoms with van der Waals surface area (Å²) in [5.74, 6) is -0.359. The zero-order chi connectivity index (χ0) is 17.7. The van der Waals surface area contributed by atoms with E-state index < -0.39 is 0 Å². The molecule has 24 heavy (non-hydrogen) atoms. The number of hydrogen-bond acceptors (Lipinski definition) is 4. The number of carbonyl (C=O) groups excluding carboxylic acids is 2. The summed E-state index contributed by atoms with van der Waals surface area (Å²) in [6.07, 6.45) is 2.16. The van der Waals surface area contributed by atoms with Gasteiger partial charge in [-0.15, -0.1) is 11.3 Å². The highest BCUT2D eigenvalue weighted by atomic mass is 32.1. The molecule has 0 aliphatic heterocycles. The van der Waals surface area contributed by atoms with Crippen LogP contribution in [0, 0.1) is 6.92 Å². The molecule has 0 saturated heterocycles. The largest absolute Gasteiger partial charge is 0.326 e. The molecule has 126 valence electrons. The number of nitrogens with one attached hydrogen (secondary N) is 1. The first-order chi connectivity index (χ1) is 11.4. The van der Waals surface area contributed by atoms with Gasteiger partial charge in [-0.05, 0) is 37.1 Å². The van der Waals surface area contributed by atoms with E-state index in [-0.39, 0.29) is 11.8 Å². The second kappa shape index (κ2) is 7.88. The number of hydrogen-bond donors (Lipinski definition) is 1. The zero-order valence-electron chi connectivity index (χ0n) is 14.1.